The number of rotatable bonds is 3. The lowest BCUT2D eigenvalue weighted by atomic mass is 9.82. The largest absolute Gasteiger partial charge is 0.469 e. The minimum absolute atomic E-state index is 0.0603. The highest BCUT2D eigenvalue weighted by molar-refractivity contribution is 6.30. The van der Waals surface area contributed by atoms with E-state index in [-0.39, 0.29) is 24.1 Å². The Labute approximate surface area is 117 Å². The Bertz CT molecular complexity index is 517. The number of allylic oxidation sites excluding steroid dienone is 1. The fourth-order valence-corrected chi connectivity index (χ4v) is 2.45. The molecular weight excluding hydrogens is 264 g/mol. The van der Waals surface area contributed by atoms with Gasteiger partial charge in [-0.05, 0) is 36.1 Å². The lowest BCUT2D eigenvalue weighted by Gasteiger charge is -2.22. The number of hydrogen-bond acceptors (Lipinski definition) is 3. The Morgan fingerprint density at radius 1 is 1.32 bits per heavy atom. The Morgan fingerprint density at radius 3 is 2.63 bits per heavy atom. The van der Waals surface area contributed by atoms with E-state index < -0.39 is 0 Å². The zero-order valence-corrected chi connectivity index (χ0v) is 11.4. The van der Waals surface area contributed by atoms with E-state index in [1.165, 1.54) is 7.11 Å². The first-order valence-corrected chi connectivity index (χ1v) is 6.51. The summed E-state index contributed by atoms with van der Waals surface area (Å²) in [5, 5.41) is 0.677. The first-order valence-electron chi connectivity index (χ1n) is 6.13. The summed E-state index contributed by atoms with van der Waals surface area (Å²) in [5.74, 6) is -0.129. The van der Waals surface area contributed by atoms with Gasteiger partial charge in [-0.3, -0.25) is 9.59 Å². The molecule has 0 heterocycles. The highest BCUT2D eigenvalue weighted by Gasteiger charge is 2.23. The second kappa shape index (κ2) is 6.02. The maximum atomic E-state index is 11.7. The van der Waals surface area contributed by atoms with Gasteiger partial charge in [-0.25, -0.2) is 0 Å². The Kier molecular flexibility index (Phi) is 4.38. The monoisotopic (exact) mass is 278 g/mol. The normalized spacial score (nSPS) is 18.9. The van der Waals surface area contributed by atoms with Crippen LogP contribution in [0.25, 0.3) is 0 Å². The summed E-state index contributed by atoms with van der Waals surface area (Å²) in [6, 6.07) is 7.50. The highest BCUT2D eigenvalue weighted by Crippen LogP contribution is 2.33. The summed E-state index contributed by atoms with van der Waals surface area (Å²) in [4.78, 5) is 23.0. The fraction of sp³-hybridized carbons (Fsp3) is 0.333. The Hall–Kier alpha value is -1.61. The molecule has 3 nitrogen and oxygen atoms in total. The molecule has 1 atom stereocenters. The number of carbonyl (C=O) groups excluding carboxylic acids is 2. The van der Waals surface area contributed by atoms with Crippen molar-refractivity contribution < 1.29 is 14.3 Å². The molecule has 0 N–H and O–H groups in total. The molecule has 0 aromatic heterocycles. The third-order valence-electron chi connectivity index (χ3n) is 3.26. The van der Waals surface area contributed by atoms with Crippen molar-refractivity contribution in [3.05, 3.63) is 46.5 Å². The maximum Gasteiger partial charge on any atom is 0.309 e. The number of benzene rings is 1. The quantitative estimate of drug-likeness (QED) is 0.797. The predicted octanol–water partition coefficient (Wildman–Crippen LogP) is 3.28. The average Bonchev–Trinajstić information content (AvgIpc) is 2.38. The molecule has 4 heteroatoms. The summed E-state index contributed by atoms with van der Waals surface area (Å²) in [6.45, 7) is 0. The molecule has 1 aliphatic carbocycles. The molecule has 1 aliphatic rings. The van der Waals surface area contributed by atoms with Gasteiger partial charge in [0.25, 0.3) is 0 Å². The number of halogens is 1. The number of ether oxygens (including phenoxy) is 1. The van der Waals surface area contributed by atoms with Crippen LogP contribution >= 0.6 is 11.6 Å². The molecule has 1 aromatic carbocycles. The van der Waals surface area contributed by atoms with Crippen LogP contribution in [-0.2, 0) is 14.3 Å². The van der Waals surface area contributed by atoms with Crippen molar-refractivity contribution in [3.63, 3.8) is 0 Å². The van der Waals surface area contributed by atoms with Crippen LogP contribution in [0.3, 0.4) is 0 Å². The molecule has 2 rings (SSSR count). The van der Waals surface area contributed by atoms with Crippen LogP contribution in [0, 0.1) is 0 Å². The molecule has 0 amide bonds. The van der Waals surface area contributed by atoms with Gasteiger partial charge >= 0.3 is 5.97 Å². The number of hydrogen-bond donors (Lipinski definition) is 0. The standard InChI is InChI=1S/C15H15ClO3/c1-19-15(18)8-10-6-12(9-14(17)7-10)11-2-4-13(16)5-3-11/h2-5,7,12H,6,8-9H2,1H3/t12-/m0/s1. The molecule has 19 heavy (non-hydrogen) atoms. The molecule has 0 radical (unpaired) electrons. The first kappa shape index (κ1) is 13.8. The summed E-state index contributed by atoms with van der Waals surface area (Å²) in [7, 11) is 1.35. The third-order valence-corrected chi connectivity index (χ3v) is 3.51. The zero-order chi connectivity index (χ0) is 13.8. The molecule has 0 saturated carbocycles. The van der Waals surface area contributed by atoms with Gasteiger partial charge in [0.05, 0.1) is 13.5 Å². The Balaban J connectivity index is 2.13. The molecule has 0 fully saturated rings. The van der Waals surface area contributed by atoms with Gasteiger partial charge < -0.3 is 4.74 Å². The van der Waals surface area contributed by atoms with Crippen molar-refractivity contribution in [2.75, 3.05) is 7.11 Å². The zero-order valence-electron chi connectivity index (χ0n) is 10.7. The SMILES string of the molecule is COC(=O)CC1=CC(=O)C[C@@H](c2ccc(Cl)cc2)C1. The summed E-state index contributed by atoms with van der Waals surface area (Å²) >= 11 is 5.86. The van der Waals surface area contributed by atoms with Crippen molar-refractivity contribution in [2.24, 2.45) is 0 Å². The topological polar surface area (TPSA) is 43.4 Å². The summed E-state index contributed by atoms with van der Waals surface area (Å²) in [6.07, 6.45) is 2.95. The van der Waals surface area contributed by atoms with Crippen molar-refractivity contribution >= 4 is 23.4 Å². The molecule has 0 bridgehead atoms. The first-order chi connectivity index (χ1) is 9.08. The van der Waals surface area contributed by atoms with Gasteiger partial charge in [0.1, 0.15) is 0 Å². The van der Waals surface area contributed by atoms with Crippen molar-refractivity contribution in [1.29, 1.82) is 0 Å². The van der Waals surface area contributed by atoms with Gasteiger partial charge in [-0.15, -0.1) is 0 Å². The minimum atomic E-state index is -0.309. The summed E-state index contributed by atoms with van der Waals surface area (Å²) < 4.78 is 4.64. The van der Waals surface area contributed by atoms with E-state index in [1.54, 1.807) is 6.08 Å². The van der Waals surface area contributed by atoms with Crippen LogP contribution in [0.5, 0.6) is 0 Å². The lowest BCUT2D eigenvalue weighted by Crippen LogP contribution is -2.15. The van der Waals surface area contributed by atoms with Crippen LogP contribution in [0.15, 0.2) is 35.9 Å². The van der Waals surface area contributed by atoms with Gasteiger partial charge in [-0.2, -0.15) is 0 Å². The highest BCUT2D eigenvalue weighted by atomic mass is 35.5. The third kappa shape index (κ3) is 3.67. The molecular formula is C15H15ClO3. The van der Waals surface area contributed by atoms with E-state index >= 15 is 0 Å². The number of ketones is 1. The number of esters is 1. The molecule has 0 spiro atoms. The molecule has 0 saturated heterocycles. The molecule has 100 valence electrons. The molecule has 0 unspecified atom stereocenters. The van der Waals surface area contributed by atoms with Crippen LogP contribution in [0.2, 0.25) is 5.02 Å². The van der Waals surface area contributed by atoms with Crippen molar-refractivity contribution in [2.45, 2.75) is 25.2 Å². The van der Waals surface area contributed by atoms with Gasteiger partial charge in [0.2, 0.25) is 0 Å². The minimum Gasteiger partial charge on any atom is -0.469 e. The maximum absolute atomic E-state index is 11.7. The van der Waals surface area contributed by atoms with E-state index in [9.17, 15) is 9.59 Å². The van der Waals surface area contributed by atoms with E-state index in [1.807, 2.05) is 24.3 Å². The number of carbonyl (C=O) groups is 2. The smallest absolute Gasteiger partial charge is 0.309 e. The van der Waals surface area contributed by atoms with E-state index in [0.717, 1.165) is 11.1 Å². The molecule has 0 aliphatic heterocycles. The molecule has 1 aromatic rings. The van der Waals surface area contributed by atoms with Crippen LogP contribution in [0.4, 0.5) is 0 Å². The predicted molar refractivity (Wildman–Crippen MR) is 73.2 cm³/mol. The van der Waals surface area contributed by atoms with Gasteiger partial charge in [0, 0.05) is 11.4 Å². The van der Waals surface area contributed by atoms with Crippen LogP contribution in [-0.4, -0.2) is 18.9 Å². The van der Waals surface area contributed by atoms with Gasteiger partial charge in [-0.1, -0.05) is 29.3 Å². The lowest BCUT2D eigenvalue weighted by molar-refractivity contribution is -0.139. The number of methoxy groups -OCH3 is 1. The second-order valence-corrected chi connectivity index (χ2v) is 5.11. The van der Waals surface area contributed by atoms with E-state index in [0.29, 0.717) is 17.9 Å². The van der Waals surface area contributed by atoms with E-state index in [2.05, 4.69) is 4.74 Å². The van der Waals surface area contributed by atoms with Crippen molar-refractivity contribution in [1.82, 2.24) is 0 Å². The second-order valence-electron chi connectivity index (χ2n) is 4.68. The average molecular weight is 279 g/mol. The summed E-state index contributed by atoms with van der Waals surface area (Å²) in [5.41, 5.74) is 1.91. The van der Waals surface area contributed by atoms with Gasteiger partial charge in [0.15, 0.2) is 5.78 Å². The fourth-order valence-electron chi connectivity index (χ4n) is 2.33. The van der Waals surface area contributed by atoms with E-state index in [4.69, 9.17) is 11.6 Å². The van der Waals surface area contributed by atoms with Crippen LogP contribution in [0.1, 0.15) is 30.7 Å². The Morgan fingerprint density at radius 2 is 2.00 bits per heavy atom. The van der Waals surface area contributed by atoms with Crippen LogP contribution < -0.4 is 0 Å². The van der Waals surface area contributed by atoms with Crippen molar-refractivity contribution in [3.8, 4) is 0 Å².